The number of imidazole rings is 1. The monoisotopic (exact) mass is 410 g/mol. The molecule has 7 heteroatoms. The second kappa shape index (κ2) is 9.26. The Balaban J connectivity index is 1.44. The number of aromatic nitrogens is 2. The van der Waals surface area contributed by atoms with E-state index in [0.29, 0.717) is 38.8 Å². The normalized spacial score (nSPS) is 14.9. The van der Waals surface area contributed by atoms with Gasteiger partial charge in [0.05, 0.1) is 24.2 Å². The van der Waals surface area contributed by atoms with Gasteiger partial charge in [-0.1, -0.05) is 24.3 Å². The van der Waals surface area contributed by atoms with E-state index in [2.05, 4.69) is 16.0 Å². The molecule has 158 valence electrons. The number of hydrogen-bond donors (Lipinski definition) is 1. The van der Waals surface area contributed by atoms with Gasteiger partial charge in [-0.3, -0.25) is 0 Å². The Morgan fingerprint density at radius 2 is 1.90 bits per heavy atom. The molecule has 1 N–H and O–H groups in total. The van der Waals surface area contributed by atoms with Gasteiger partial charge >= 0.3 is 6.09 Å². The number of hydrogen-bond acceptors (Lipinski definition) is 4. The lowest BCUT2D eigenvalue weighted by atomic mass is 10.1. The van der Waals surface area contributed by atoms with Gasteiger partial charge in [0, 0.05) is 25.7 Å². The highest BCUT2D eigenvalue weighted by atomic mass is 19.1. The van der Waals surface area contributed by atoms with E-state index in [-0.39, 0.29) is 11.9 Å². The maximum atomic E-state index is 13.3. The molecule has 1 fully saturated rings. The molecule has 0 saturated carbocycles. The maximum Gasteiger partial charge on any atom is 0.409 e. The van der Waals surface area contributed by atoms with Crippen LogP contribution in [0.1, 0.15) is 31.2 Å². The van der Waals surface area contributed by atoms with Crippen LogP contribution in [-0.4, -0.2) is 46.3 Å². The standard InChI is InChI=1S/C23H27FN4O2/c1-2-30-23(29)27-13-11-19(12-14-27)25-15-22-26-20-5-3-4-6-21(20)28(22)16-17-7-9-18(24)10-8-17/h3-10,19,25H,2,11-16H2,1H3. The summed E-state index contributed by atoms with van der Waals surface area (Å²) in [5.41, 5.74) is 3.05. The van der Waals surface area contributed by atoms with Gasteiger partial charge in [0.25, 0.3) is 0 Å². The molecule has 1 aliphatic heterocycles. The number of amides is 1. The molecule has 0 radical (unpaired) electrons. The topological polar surface area (TPSA) is 59.4 Å². The van der Waals surface area contributed by atoms with Gasteiger partial charge in [-0.15, -0.1) is 0 Å². The van der Waals surface area contributed by atoms with Crippen LogP contribution in [0, 0.1) is 5.82 Å². The van der Waals surface area contributed by atoms with E-state index in [4.69, 9.17) is 9.72 Å². The summed E-state index contributed by atoms with van der Waals surface area (Å²) in [6, 6.07) is 15.0. The average molecular weight is 410 g/mol. The summed E-state index contributed by atoms with van der Waals surface area (Å²) in [7, 11) is 0. The molecule has 30 heavy (non-hydrogen) atoms. The minimum absolute atomic E-state index is 0.225. The van der Waals surface area contributed by atoms with Crippen LogP contribution >= 0.6 is 0 Å². The van der Waals surface area contributed by atoms with Crippen LogP contribution in [0.5, 0.6) is 0 Å². The first-order chi connectivity index (χ1) is 14.6. The zero-order valence-corrected chi connectivity index (χ0v) is 17.2. The van der Waals surface area contributed by atoms with E-state index in [1.807, 2.05) is 37.3 Å². The molecule has 1 aliphatic rings. The van der Waals surface area contributed by atoms with Crippen LogP contribution in [0.4, 0.5) is 9.18 Å². The fourth-order valence-electron chi connectivity index (χ4n) is 3.93. The van der Waals surface area contributed by atoms with Gasteiger partial charge in [0.15, 0.2) is 0 Å². The predicted molar refractivity (Wildman–Crippen MR) is 114 cm³/mol. The minimum Gasteiger partial charge on any atom is -0.450 e. The smallest absolute Gasteiger partial charge is 0.409 e. The Bertz CT molecular complexity index is 994. The molecular weight excluding hydrogens is 383 g/mol. The molecule has 1 saturated heterocycles. The molecular formula is C23H27FN4O2. The SMILES string of the molecule is CCOC(=O)N1CCC(NCc2nc3ccccc3n2Cc2ccc(F)cc2)CC1. The fraction of sp³-hybridized carbons (Fsp3) is 0.391. The zero-order valence-electron chi connectivity index (χ0n) is 17.2. The summed E-state index contributed by atoms with van der Waals surface area (Å²) in [6.45, 7) is 4.90. The number of benzene rings is 2. The lowest BCUT2D eigenvalue weighted by molar-refractivity contribution is 0.0949. The molecule has 2 aromatic carbocycles. The Kier molecular flexibility index (Phi) is 6.28. The molecule has 0 spiro atoms. The predicted octanol–water partition coefficient (Wildman–Crippen LogP) is 3.93. The summed E-state index contributed by atoms with van der Waals surface area (Å²) in [5, 5.41) is 3.60. The maximum absolute atomic E-state index is 13.3. The zero-order chi connectivity index (χ0) is 20.9. The number of ether oxygens (including phenoxy) is 1. The minimum atomic E-state index is -0.231. The summed E-state index contributed by atoms with van der Waals surface area (Å²) >= 11 is 0. The Morgan fingerprint density at radius 1 is 1.17 bits per heavy atom. The second-order valence-corrected chi connectivity index (χ2v) is 7.57. The first-order valence-electron chi connectivity index (χ1n) is 10.5. The number of para-hydroxylation sites is 2. The van der Waals surface area contributed by atoms with Crippen molar-refractivity contribution in [3.63, 3.8) is 0 Å². The lowest BCUT2D eigenvalue weighted by Crippen LogP contribution is -2.45. The number of rotatable bonds is 6. The molecule has 1 aromatic heterocycles. The van der Waals surface area contributed by atoms with Gasteiger partial charge < -0.3 is 19.5 Å². The Hall–Kier alpha value is -2.93. The van der Waals surface area contributed by atoms with Crippen molar-refractivity contribution in [2.24, 2.45) is 0 Å². The van der Waals surface area contributed by atoms with Crippen LogP contribution in [0.15, 0.2) is 48.5 Å². The van der Waals surface area contributed by atoms with E-state index in [1.54, 1.807) is 4.90 Å². The van der Waals surface area contributed by atoms with Crippen LogP contribution in [0.25, 0.3) is 11.0 Å². The average Bonchev–Trinajstić information content (AvgIpc) is 3.12. The van der Waals surface area contributed by atoms with Gasteiger partial charge in [0.1, 0.15) is 11.6 Å². The summed E-state index contributed by atoms with van der Waals surface area (Å²) < 4.78 is 20.6. The van der Waals surface area contributed by atoms with Crippen molar-refractivity contribution >= 4 is 17.1 Å². The van der Waals surface area contributed by atoms with Crippen LogP contribution in [0.2, 0.25) is 0 Å². The quantitative estimate of drug-likeness (QED) is 0.669. The number of nitrogens with one attached hydrogen (secondary N) is 1. The molecule has 6 nitrogen and oxygen atoms in total. The molecule has 0 atom stereocenters. The number of halogens is 1. The summed E-state index contributed by atoms with van der Waals surface area (Å²) in [4.78, 5) is 18.5. The molecule has 1 amide bonds. The Labute approximate surface area is 175 Å². The third-order valence-corrected chi connectivity index (χ3v) is 5.56. The van der Waals surface area contributed by atoms with Crippen LogP contribution in [0.3, 0.4) is 0 Å². The summed E-state index contributed by atoms with van der Waals surface area (Å²) in [5.74, 6) is 0.721. The van der Waals surface area contributed by atoms with E-state index in [0.717, 1.165) is 35.3 Å². The third-order valence-electron chi connectivity index (χ3n) is 5.56. The van der Waals surface area contributed by atoms with Crippen molar-refractivity contribution in [2.45, 2.75) is 38.9 Å². The highest BCUT2D eigenvalue weighted by Crippen LogP contribution is 2.19. The van der Waals surface area contributed by atoms with E-state index < -0.39 is 0 Å². The molecule has 4 rings (SSSR count). The first-order valence-corrected chi connectivity index (χ1v) is 10.5. The first kappa shape index (κ1) is 20.3. The van der Waals surface area contributed by atoms with E-state index in [9.17, 15) is 9.18 Å². The molecule has 0 bridgehead atoms. The lowest BCUT2D eigenvalue weighted by Gasteiger charge is -2.31. The Morgan fingerprint density at radius 3 is 2.63 bits per heavy atom. The van der Waals surface area contributed by atoms with Crippen LogP contribution in [-0.2, 0) is 17.8 Å². The van der Waals surface area contributed by atoms with Crippen molar-refractivity contribution in [3.05, 3.63) is 65.7 Å². The van der Waals surface area contributed by atoms with Crippen LogP contribution < -0.4 is 5.32 Å². The molecule has 2 heterocycles. The highest BCUT2D eigenvalue weighted by Gasteiger charge is 2.23. The summed E-state index contributed by atoms with van der Waals surface area (Å²) in [6.07, 6.45) is 1.55. The number of nitrogens with zero attached hydrogens (tertiary/aromatic N) is 3. The van der Waals surface area contributed by atoms with Gasteiger partial charge in [-0.05, 0) is 49.6 Å². The largest absolute Gasteiger partial charge is 0.450 e. The number of piperidine rings is 1. The van der Waals surface area contributed by atoms with Crippen molar-refractivity contribution in [1.29, 1.82) is 0 Å². The van der Waals surface area contributed by atoms with Crippen molar-refractivity contribution < 1.29 is 13.9 Å². The molecule has 0 aliphatic carbocycles. The van der Waals surface area contributed by atoms with Crippen molar-refractivity contribution in [3.8, 4) is 0 Å². The number of carbonyl (C=O) groups is 1. The number of carbonyl (C=O) groups excluding carboxylic acids is 1. The molecule has 0 unspecified atom stereocenters. The highest BCUT2D eigenvalue weighted by molar-refractivity contribution is 5.76. The van der Waals surface area contributed by atoms with Crippen molar-refractivity contribution in [2.75, 3.05) is 19.7 Å². The fourth-order valence-corrected chi connectivity index (χ4v) is 3.93. The van der Waals surface area contributed by atoms with E-state index in [1.165, 1.54) is 12.1 Å². The van der Waals surface area contributed by atoms with E-state index >= 15 is 0 Å². The van der Waals surface area contributed by atoms with Gasteiger partial charge in [0.2, 0.25) is 0 Å². The van der Waals surface area contributed by atoms with Crippen molar-refractivity contribution in [1.82, 2.24) is 19.8 Å². The van der Waals surface area contributed by atoms with Gasteiger partial charge in [-0.25, -0.2) is 14.2 Å². The van der Waals surface area contributed by atoms with Gasteiger partial charge in [-0.2, -0.15) is 0 Å². The third kappa shape index (κ3) is 4.62. The number of likely N-dealkylation sites (tertiary alicyclic amines) is 1. The second-order valence-electron chi connectivity index (χ2n) is 7.57. The number of fused-ring (bicyclic) bond motifs is 1. The molecule has 3 aromatic rings.